The molecular formula is C39H26ClN3. The van der Waals surface area contributed by atoms with E-state index in [2.05, 4.69) is 115 Å². The van der Waals surface area contributed by atoms with E-state index >= 15 is 0 Å². The van der Waals surface area contributed by atoms with Gasteiger partial charge in [-0.3, -0.25) is 0 Å². The summed E-state index contributed by atoms with van der Waals surface area (Å²) in [6, 6.07) is 53.6. The average molecular weight is 572 g/mol. The second-order valence-corrected chi connectivity index (χ2v) is 10.7. The minimum absolute atomic E-state index is 0.620. The molecule has 7 rings (SSSR count). The van der Waals surface area contributed by atoms with Crippen molar-refractivity contribution in [1.82, 2.24) is 15.0 Å². The number of aromatic nitrogens is 3. The van der Waals surface area contributed by atoms with Gasteiger partial charge in [0.25, 0.3) is 0 Å². The van der Waals surface area contributed by atoms with E-state index in [1.54, 1.807) is 0 Å². The normalized spacial score (nSPS) is 10.9. The van der Waals surface area contributed by atoms with Crippen LogP contribution in [0.1, 0.15) is 0 Å². The van der Waals surface area contributed by atoms with Gasteiger partial charge in [-0.1, -0.05) is 151 Å². The molecule has 4 heteroatoms. The summed E-state index contributed by atoms with van der Waals surface area (Å²) >= 11 is 6.24. The topological polar surface area (TPSA) is 38.7 Å². The Kier molecular flexibility index (Phi) is 7.31. The molecule has 0 atom stereocenters. The fraction of sp³-hybridized carbons (Fsp3) is 0. The summed E-state index contributed by atoms with van der Waals surface area (Å²) in [6.45, 7) is 0. The van der Waals surface area contributed by atoms with Gasteiger partial charge in [0, 0.05) is 21.7 Å². The highest BCUT2D eigenvalue weighted by Crippen LogP contribution is 2.30. The Bertz CT molecular complexity index is 2000. The van der Waals surface area contributed by atoms with Gasteiger partial charge in [-0.2, -0.15) is 0 Å². The Labute approximate surface area is 256 Å². The van der Waals surface area contributed by atoms with E-state index in [-0.39, 0.29) is 0 Å². The van der Waals surface area contributed by atoms with Crippen LogP contribution >= 0.6 is 11.6 Å². The Balaban J connectivity index is 1.31. The van der Waals surface area contributed by atoms with Crippen LogP contribution in [0, 0.1) is 0 Å². The van der Waals surface area contributed by atoms with E-state index < -0.39 is 0 Å². The van der Waals surface area contributed by atoms with Crippen molar-refractivity contribution in [3.8, 4) is 67.5 Å². The second kappa shape index (κ2) is 11.8. The Hall–Kier alpha value is -5.38. The molecule has 0 aliphatic heterocycles. The molecule has 0 aliphatic carbocycles. The Morgan fingerprint density at radius 1 is 0.279 bits per heavy atom. The van der Waals surface area contributed by atoms with Crippen molar-refractivity contribution < 1.29 is 0 Å². The highest BCUT2D eigenvalue weighted by molar-refractivity contribution is 6.30. The fourth-order valence-electron chi connectivity index (χ4n) is 5.15. The first-order chi connectivity index (χ1) is 21.2. The maximum Gasteiger partial charge on any atom is 0.164 e. The molecular weight excluding hydrogens is 546 g/mol. The van der Waals surface area contributed by atoms with Crippen molar-refractivity contribution in [3.63, 3.8) is 0 Å². The molecule has 1 heterocycles. The monoisotopic (exact) mass is 571 g/mol. The van der Waals surface area contributed by atoms with Gasteiger partial charge >= 0.3 is 0 Å². The number of halogens is 1. The lowest BCUT2D eigenvalue weighted by atomic mass is 10.0. The number of hydrogen-bond donors (Lipinski definition) is 0. The van der Waals surface area contributed by atoms with Crippen molar-refractivity contribution in [1.29, 1.82) is 0 Å². The number of benzene rings is 6. The third-order valence-electron chi connectivity index (χ3n) is 7.41. The van der Waals surface area contributed by atoms with Gasteiger partial charge in [0.15, 0.2) is 17.5 Å². The molecule has 0 amide bonds. The summed E-state index contributed by atoms with van der Waals surface area (Å²) in [4.78, 5) is 14.9. The zero-order chi connectivity index (χ0) is 29.0. The Morgan fingerprint density at radius 2 is 0.628 bits per heavy atom. The van der Waals surface area contributed by atoms with Crippen LogP contribution in [0.2, 0.25) is 5.02 Å². The molecule has 204 valence electrons. The molecule has 0 N–H and O–H groups in total. The number of hydrogen-bond acceptors (Lipinski definition) is 3. The smallest absolute Gasteiger partial charge is 0.164 e. The van der Waals surface area contributed by atoms with Gasteiger partial charge in [-0.15, -0.1) is 0 Å². The standard InChI is InChI=1S/C39H26ClN3/c40-36-16-8-14-34(26-36)30-19-23-32(24-20-30)38-41-37(31-21-17-29(18-22-31)27-9-3-1-4-10-27)42-39(43-38)35-15-7-13-33(25-35)28-11-5-2-6-12-28/h1-26H. The molecule has 7 aromatic rings. The first kappa shape index (κ1) is 26.5. The summed E-state index contributed by atoms with van der Waals surface area (Å²) in [5, 5.41) is 0.712. The first-order valence-corrected chi connectivity index (χ1v) is 14.5. The zero-order valence-electron chi connectivity index (χ0n) is 23.2. The van der Waals surface area contributed by atoms with E-state index in [0.29, 0.717) is 22.5 Å². The first-order valence-electron chi connectivity index (χ1n) is 14.1. The van der Waals surface area contributed by atoms with Crippen molar-refractivity contribution in [2.45, 2.75) is 0 Å². The lowest BCUT2D eigenvalue weighted by Gasteiger charge is -2.11. The molecule has 6 aromatic carbocycles. The summed E-state index contributed by atoms with van der Waals surface area (Å²) < 4.78 is 0. The molecule has 1 aromatic heterocycles. The molecule has 0 unspecified atom stereocenters. The SMILES string of the molecule is Clc1cccc(-c2ccc(-c3nc(-c4ccc(-c5ccccc5)cc4)nc(-c4cccc(-c5ccccc5)c4)n3)cc2)c1. The quantitative estimate of drug-likeness (QED) is 0.199. The van der Waals surface area contributed by atoms with E-state index in [1.165, 1.54) is 5.56 Å². The van der Waals surface area contributed by atoms with Gasteiger partial charge in [-0.05, 0) is 51.6 Å². The Morgan fingerprint density at radius 3 is 1.16 bits per heavy atom. The molecule has 0 radical (unpaired) electrons. The van der Waals surface area contributed by atoms with Crippen molar-refractivity contribution >= 4 is 11.6 Å². The fourth-order valence-corrected chi connectivity index (χ4v) is 5.34. The maximum atomic E-state index is 6.24. The van der Waals surface area contributed by atoms with Crippen LogP contribution in [-0.2, 0) is 0 Å². The molecule has 0 aliphatic rings. The molecule has 0 bridgehead atoms. The third kappa shape index (κ3) is 5.85. The van der Waals surface area contributed by atoms with Gasteiger partial charge in [0.05, 0.1) is 0 Å². The van der Waals surface area contributed by atoms with Crippen molar-refractivity contribution in [2.75, 3.05) is 0 Å². The lowest BCUT2D eigenvalue weighted by Crippen LogP contribution is -2.00. The van der Waals surface area contributed by atoms with Crippen LogP contribution in [0.15, 0.2) is 158 Å². The summed E-state index contributed by atoms with van der Waals surface area (Å²) in [5.41, 5.74) is 9.49. The highest BCUT2D eigenvalue weighted by atomic mass is 35.5. The predicted molar refractivity (Wildman–Crippen MR) is 177 cm³/mol. The molecule has 3 nitrogen and oxygen atoms in total. The van der Waals surface area contributed by atoms with E-state index in [9.17, 15) is 0 Å². The summed E-state index contributed by atoms with van der Waals surface area (Å²) in [7, 11) is 0. The molecule has 0 saturated heterocycles. The van der Waals surface area contributed by atoms with Crippen molar-refractivity contribution in [3.05, 3.63) is 163 Å². The van der Waals surface area contributed by atoms with Gasteiger partial charge < -0.3 is 0 Å². The minimum Gasteiger partial charge on any atom is -0.208 e. The van der Waals surface area contributed by atoms with E-state index in [0.717, 1.165) is 44.5 Å². The largest absolute Gasteiger partial charge is 0.208 e. The number of rotatable bonds is 6. The summed E-state index contributed by atoms with van der Waals surface area (Å²) in [5.74, 6) is 1.88. The second-order valence-electron chi connectivity index (χ2n) is 10.3. The van der Waals surface area contributed by atoms with Crippen LogP contribution in [0.25, 0.3) is 67.5 Å². The van der Waals surface area contributed by atoms with Crippen LogP contribution in [0.3, 0.4) is 0 Å². The molecule has 43 heavy (non-hydrogen) atoms. The maximum absolute atomic E-state index is 6.24. The van der Waals surface area contributed by atoms with Crippen LogP contribution in [0.4, 0.5) is 0 Å². The summed E-state index contributed by atoms with van der Waals surface area (Å²) in [6.07, 6.45) is 0. The van der Waals surface area contributed by atoms with Gasteiger partial charge in [0.1, 0.15) is 0 Å². The van der Waals surface area contributed by atoms with Crippen molar-refractivity contribution in [2.24, 2.45) is 0 Å². The van der Waals surface area contributed by atoms with E-state index in [1.807, 2.05) is 42.5 Å². The highest BCUT2D eigenvalue weighted by Gasteiger charge is 2.14. The molecule has 0 fully saturated rings. The lowest BCUT2D eigenvalue weighted by molar-refractivity contribution is 1.07. The van der Waals surface area contributed by atoms with Crippen LogP contribution in [-0.4, -0.2) is 15.0 Å². The van der Waals surface area contributed by atoms with Gasteiger partial charge in [0.2, 0.25) is 0 Å². The average Bonchev–Trinajstić information content (AvgIpc) is 3.09. The van der Waals surface area contributed by atoms with Crippen LogP contribution < -0.4 is 0 Å². The third-order valence-corrected chi connectivity index (χ3v) is 7.65. The minimum atomic E-state index is 0.620. The molecule has 0 spiro atoms. The van der Waals surface area contributed by atoms with Crippen LogP contribution in [0.5, 0.6) is 0 Å². The molecule has 0 saturated carbocycles. The van der Waals surface area contributed by atoms with Gasteiger partial charge in [-0.25, -0.2) is 15.0 Å². The number of nitrogens with zero attached hydrogens (tertiary/aromatic N) is 3. The van der Waals surface area contributed by atoms with E-state index in [4.69, 9.17) is 26.6 Å². The zero-order valence-corrected chi connectivity index (χ0v) is 24.0. The predicted octanol–water partition coefficient (Wildman–Crippen LogP) is 10.5.